The number of nitrogens with zero attached hydrogens (tertiary/aromatic N) is 2. The van der Waals surface area contributed by atoms with E-state index in [1.165, 1.54) is 0 Å². The van der Waals surface area contributed by atoms with Crippen LogP contribution < -0.4 is 10.1 Å². The lowest BCUT2D eigenvalue weighted by atomic mass is 10.2. The lowest BCUT2D eigenvalue weighted by molar-refractivity contribution is 0.220. The van der Waals surface area contributed by atoms with Gasteiger partial charge in [0.2, 0.25) is 0 Å². The summed E-state index contributed by atoms with van der Waals surface area (Å²) in [6.07, 6.45) is 0. The standard InChI is InChI=1S/C18H19N3O2/c1-3-23-16-10-8-14(9-11-16)13-21(2)18(22)20-17-7-5-4-6-15(17)12-19/h4-11H,3,13H2,1-2H3,(H,20,22). The van der Waals surface area contributed by atoms with E-state index in [1.54, 1.807) is 36.2 Å². The van der Waals surface area contributed by atoms with E-state index in [0.29, 0.717) is 24.4 Å². The molecule has 0 heterocycles. The van der Waals surface area contributed by atoms with E-state index in [2.05, 4.69) is 11.4 Å². The highest BCUT2D eigenvalue weighted by molar-refractivity contribution is 5.90. The summed E-state index contributed by atoms with van der Waals surface area (Å²) in [5.41, 5.74) is 1.95. The van der Waals surface area contributed by atoms with Crippen LogP contribution in [0.15, 0.2) is 48.5 Å². The van der Waals surface area contributed by atoms with E-state index < -0.39 is 0 Å². The second-order valence-electron chi connectivity index (χ2n) is 5.02. The quantitative estimate of drug-likeness (QED) is 0.917. The van der Waals surface area contributed by atoms with Crippen molar-refractivity contribution in [2.24, 2.45) is 0 Å². The fourth-order valence-electron chi connectivity index (χ4n) is 2.10. The van der Waals surface area contributed by atoms with Crippen LogP contribution in [0.1, 0.15) is 18.1 Å². The van der Waals surface area contributed by atoms with E-state index in [-0.39, 0.29) is 6.03 Å². The Morgan fingerprint density at radius 2 is 1.91 bits per heavy atom. The van der Waals surface area contributed by atoms with E-state index >= 15 is 0 Å². The number of carbonyl (C=O) groups is 1. The Morgan fingerprint density at radius 3 is 2.57 bits per heavy atom. The van der Waals surface area contributed by atoms with Crippen molar-refractivity contribution in [2.75, 3.05) is 19.0 Å². The molecule has 0 radical (unpaired) electrons. The minimum absolute atomic E-state index is 0.262. The lowest BCUT2D eigenvalue weighted by Crippen LogP contribution is -2.31. The van der Waals surface area contributed by atoms with Gasteiger partial charge in [-0.2, -0.15) is 5.26 Å². The SMILES string of the molecule is CCOc1ccc(CN(C)C(=O)Nc2ccccc2C#N)cc1. The topological polar surface area (TPSA) is 65.4 Å². The molecule has 5 heteroatoms. The molecule has 0 aliphatic rings. The average molecular weight is 309 g/mol. The Kier molecular flexibility index (Phi) is 5.59. The zero-order chi connectivity index (χ0) is 16.7. The molecule has 1 N–H and O–H groups in total. The molecular formula is C18H19N3O2. The number of carbonyl (C=O) groups excluding carboxylic acids is 1. The summed E-state index contributed by atoms with van der Waals surface area (Å²) >= 11 is 0. The fourth-order valence-corrected chi connectivity index (χ4v) is 2.10. The summed E-state index contributed by atoms with van der Waals surface area (Å²) in [6, 6.07) is 16.3. The van der Waals surface area contributed by atoms with Gasteiger partial charge in [-0.15, -0.1) is 0 Å². The van der Waals surface area contributed by atoms with Crippen LogP contribution in [0, 0.1) is 11.3 Å². The molecule has 2 rings (SSSR count). The summed E-state index contributed by atoms with van der Waals surface area (Å²) in [7, 11) is 1.71. The Bertz CT molecular complexity index is 705. The van der Waals surface area contributed by atoms with E-state index in [0.717, 1.165) is 11.3 Å². The predicted octanol–water partition coefficient (Wildman–Crippen LogP) is 3.62. The molecule has 23 heavy (non-hydrogen) atoms. The number of benzene rings is 2. The van der Waals surface area contributed by atoms with Gasteiger partial charge in [0.25, 0.3) is 0 Å². The molecule has 0 atom stereocenters. The van der Waals surface area contributed by atoms with Gasteiger partial charge in [0, 0.05) is 13.6 Å². The molecule has 5 nitrogen and oxygen atoms in total. The molecule has 0 aliphatic heterocycles. The minimum Gasteiger partial charge on any atom is -0.494 e. The molecule has 0 aromatic heterocycles. The van der Waals surface area contributed by atoms with Crippen molar-refractivity contribution in [3.63, 3.8) is 0 Å². The van der Waals surface area contributed by atoms with Crippen LogP contribution in [0.3, 0.4) is 0 Å². The van der Waals surface area contributed by atoms with Crippen LogP contribution in [-0.2, 0) is 6.54 Å². The van der Waals surface area contributed by atoms with E-state index in [4.69, 9.17) is 10.00 Å². The largest absolute Gasteiger partial charge is 0.494 e. The summed E-state index contributed by atoms with van der Waals surface area (Å²) in [4.78, 5) is 13.8. The Morgan fingerprint density at radius 1 is 1.22 bits per heavy atom. The first-order chi connectivity index (χ1) is 11.1. The number of para-hydroxylation sites is 1. The van der Waals surface area contributed by atoms with Gasteiger partial charge in [-0.25, -0.2) is 4.79 Å². The maximum absolute atomic E-state index is 12.2. The summed E-state index contributed by atoms with van der Waals surface area (Å²) < 4.78 is 5.39. The first-order valence-corrected chi connectivity index (χ1v) is 7.37. The number of ether oxygens (including phenoxy) is 1. The molecule has 0 saturated carbocycles. The van der Waals surface area contributed by atoms with Gasteiger partial charge < -0.3 is 15.0 Å². The molecule has 2 aromatic rings. The third-order valence-corrected chi connectivity index (χ3v) is 3.29. The third kappa shape index (κ3) is 4.48. The van der Waals surface area contributed by atoms with Crippen molar-refractivity contribution in [1.29, 1.82) is 5.26 Å². The molecule has 0 aliphatic carbocycles. The number of rotatable bonds is 5. The number of amides is 2. The van der Waals surface area contributed by atoms with Crippen molar-refractivity contribution in [3.05, 3.63) is 59.7 Å². The van der Waals surface area contributed by atoms with Gasteiger partial charge >= 0.3 is 6.03 Å². The molecule has 2 aromatic carbocycles. The zero-order valence-electron chi connectivity index (χ0n) is 13.2. The molecular weight excluding hydrogens is 290 g/mol. The number of urea groups is 1. The van der Waals surface area contributed by atoms with Gasteiger partial charge in [-0.05, 0) is 36.8 Å². The number of hydrogen-bond donors (Lipinski definition) is 1. The number of nitrogens with one attached hydrogen (secondary N) is 1. The van der Waals surface area contributed by atoms with Crippen LogP contribution in [0.5, 0.6) is 5.75 Å². The second kappa shape index (κ2) is 7.85. The summed E-state index contributed by atoms with van der Waals surface area (Å²) in [5, 5.41) is 11.8. The van der Waals surface area contributed by atoms with Crippen molar-refractivity contribution >= 4 is 11.7 Å². The molecule has 2 amide bonds. The van der Waals surface area contributed by atoms with Gasteiger partial charge in [-0.1, -0.05) is 24.3 Å². The van der Waals surface area contributed by atoms with E-state index in [1.807, 2.05) is 31.2 Å². The van der Waals surface area contributed by atoms with E-state index in [9.17, 15) is 4.79 Å². The Balaban J connectivity index is 1.98. The van der Waals surface area contributed by atoms with Crippen molar-refractivity contribution in [3.8, 4) is 11.8 Å². The third-order valence-electron chi connectivity index (χ3n) is 3.29. The highest BCUT2D eigenvalue weighted by atomic mass is 16.5. The van der Waals surface area contributed by atoms with Gasteiger partial charge in [0.05, 0.1) is 17.9 Å². The van der Waals surface area contributed by atoms with Gasteiger partial charge in [0.15, 0.2) is 0 Å². The van der Waals surface area contributed by atoms with Crippen molar-refractivity contribution in [1.82, 2.24) is 4.90 Å². The zero-order valence-corrected chi connectivity index (χ0v) is 13.2. The van der Waals surface area contributed by atoms with Crippen LogP contribution in [0.2, 0.25) is 0 Å². The molecule has 0 fully saturated rings. The second-order valence-corrected chi connectivity index (χ2v) is 5.02. The smallest absolute Gasteiger partial charge is 0.321 e. The Hall–Kier alpha value is -3.00. The summed E-state index contributed by atoms with van der Waals surface area (Å²) in [6.45, 7) is 3.03. The van der Waals surface area contributed by atoms with Crippen LogP contribution in [-0.4, -0.2) is 24.6 Å². The van der Waals surface area contributed by atoms with Crippen LogP contribution in [0.4, 0.5) is 10.5 Å². The van der Waals surface area contributed by atoms with Crippen LogP contribution in [0.25, 0.3) is 0 Å². The van der Waals surface area contributed by atoms with Crippen molar-refractivity contribution < 1.29 is 9.53 Å². The highest BCUT2D eigenvalue weighted by Crippen LogP contribution is 2.16. The maximum atomic E-state index is 12.2. The van der Waals surface area contributed by atoms with Gasteiger partial charge in [0.1, 0.15) is 11.8 Å². The minimum atomic E-state index is -0.262. The Labute approximate surface area is 136 Å². The molecule has 118 valence electrons. The highest BCUT2D eigenvalue weighted by Gasteiger charge is 2.11. The predicted molar refractivity (Wildman–Crippen MR) is 89.3 cm³/mol. The number of nitriles is 1. The first-order valence-electron chi connectivity index (χ1n) is 7.37. The molecule has 0 saturated heterocycles. The number of anilines is 1. The fraction of sp³-hybridized carbons (Fsp3) is 0.222. The maximum Gasteiger partial charge on any atom is 0.321 e. The lowest BCUT2D eigenvalue weighted by Gasteiger charge is -2.18. The number of hydrogen-bond acceptors (Lipinski definition) is 3. The normalized spacial score (nSPS) is 9.78. The van der Waals surface area contributed by atoms with Crippen molar-refractivity contribution in [2.45, 2.75) is 13.5 Å². The van der Waals surface area contributed by atoms with Gasteiger partial charge in [-0.3, -0.25) is 0 Å². The molecule has 0 bridgehead atoms. The average Bonchev–Trinajstić information content (AvgIpc) is 2.57. The monoisotopic (exact) mass is 309 g/mol. The summed E-state index contributed by atoms with van der Waals surface area (Å²) in [5.74, 6) is 0.811. The molecule has 0 unspecified atom stereocenters. The van der Waals surface area contributed by atoms with Crippen LogP contribution >= 0.6 is 0 Å². The first kappa shape index (κ1) is 16.4. The molecule has 0 spiro atoms.